The lowest BCUT2D eigenvalue weighted by molar-refractivity contribution is 0.0540. The van der Waals surface area contributed by atoms with Gasteiger partial charge in [-0.2, -0.15) is 5.10 Å². The summed E-state index contributed by atoms with van der Waals surface area (Å²) < 4.78 is 7.69. The molecule has 1 aromatic carbocycles. The molecule has 2 aliphatic heterocycles. The molecular weight excluding hydrogens is 336 g/mol. The van der Waals surface area contributed by atoms with Crippen molar-refractivity contribution in [1.29, 1.82) is 0 Å². The summed E-state index contributed by atoms with van der Waals surface area (Å²) in [5.74, 6) is 0.944. The normalized spacial score (nSPS) is 23.6. The van der Waals surface area contributed by atoms with E-state index in [1.54, 1.807) is 7.11 Å². The molecular formula is C22H32N4O. The molecule has 2 aromatic rings. The van der Waals surface area contributed by atoms with Crippen LogP contribution in [0.15, 0.2) is 24.3 Å². The SMILES string of the molecule is COc1ccc(CN2CC3CCCN3C[C@@H]2C)cc1Cn1nc(C)cc1C. The zero-order valence-corrected chi connectivity index (χ0v) is 17.1. The van der Waals surface area contributed by atoms with E-state index in [1.165, 1.54) is 49.3 Å². The lowest BCUT2D eigenvalue weighted by atomic mass is 10.0. The molecule has 1 unspecified atom stereocenters. The Kier molecular flexibility index (Phi) is 5.24. The number of methoxy groups -OCH3 is 1. The number of hydrogen-bond donors (Lipinski definition) is 0. The van der Waals surface area contributed by atoms with Crippen molar-refractivity contribution in [3.05, 3.63) is 46.8 Å². The van der Waals surface area contributed by atoms with Gasteiger partial charge in [-0.1, -0.05) is 6.07 Å². The molecule has 146 valence electrons. The van der Waals surface area contributed by atoms with Crippen molar-refractivity contribution >= 4 is 0 Å². The zero-order chi connectivity index (χ0) is 19.0. The Morgan fingerprint density at radius 3 is 2.74 bits per heavy atom. The molecule has 0 saturated carbocycles. The van der Waals surface area contributed by atoms with Gasteiger partial charge < -0.3 is 4.74 Å². The van der Waals surface area contributed by atoms with Crippen molar-refractivity contribution < 1.29 is 4.74 Å². The molecule has 3 heterocycles. The predicted octanol–water partition coefficient (Wildman–Crippen LogP) is 3.23. The van der Waals surface area contributed by atoms with Crippen molar-refractivity contribution in [2.45, 2.75) is 58.8 Å². The van der Waals surface area contributed by atoms with Crippen LogP contribution in [0.5, 0.6) is 5.75 Å². The first kappa shape index (κ1) is 18.5. The molecule has 2 atom stereocenters. The molecule has 2 fully saturated rings. The average Bonchev–Trinajstić information content (AvgIpc) is 3.21. The fraction of sp³-hybridized carbons (Fsp3) is 0.591. The van der Waals surface area contributed by atoms with Gasteiger partial charge in [-0.15, -0.1) is 0 Å². The second-order valence-electron chi connectivity index (χ2n) is 8.30. The van der Waals surface area contributed by atoms with E-state index in [0.29, 0.717) is 6.04 Å². The zero-order valence-electron chi connectivity index (χ0n) is 17.1. The highest BCUT2D eigenvalue weighted by molar-refractivity contribution is 5.37. The number of nitrogens with zero attached hydrogens (tertiary/aromatic N) is 4. The Morgan fingerprint density at radius 2 is 2.00 bits per heavy atom. The van der Waals surface area contributed by atoms with E-state index in [-0.39, 0.29) is 0 Å². The Bertz CT molecular complexity index is 800. The van der Waals surface area contributed by atoms with Gasteiger partial charge in [-0.3, -0.25) is 14.5 Å². The molecule has 1 aromatic heterocycles. The minimum absolute atomic E-state index is 0.612. The molecule has 4 rings (SSSR count). The number of hydrogen-bond acceptors (Lipinski definition) is 4. The van der Waals surface area contributed by atoms with Crippen LogP contribution in [0, 0.1) is 13.8 Å². The second kappa shape index (κ2) is 7.64. The summed E-state index contributed by atoms with van der Waals surface area (Å²) in [5.41, 5.74) is 4.82. The molecule has 0 aliphatic carbocycles. The van der Waals surface area contributed by atoms with Crippen LogP contribution in [-0.4, -0.2) is 58.4 Å². The quantitative estimate of drug-likeness (QED) is 0.811. The Hall–Kier alpha value is -1.85. The van der Waals surface area contributed by atoms with Crippen molar-refractivity contribution in [1.82, 2.24) is 19.6 Å². The lowest BCUT2D eigenvalue weighted by Gasteiger charge is -2.42. The van der Waals surface area contributed by atoms with E-state index < -0.39 is 0 Å². The van der Waals surface area contributed by atoms with Crippen molar-refractivity contribution in [2.75, 3.05) is 26.7 Å². The lowest BCUT2D eigenvalue weighted by Crippen LogP contribution is -2.54. The molecule has 0 N–H and O–H groups in total. The van der Waals surface area contributed by atoms with Crippen LogP contribution in [0.2, 0.25) is 0 Å². The Balaban J connectivity index is 1.52. The van der Waals surface area contributed by atoms with Crippen LogP contribution < -0.4 is 4.74 Å². The summed E-state index contributed by atoms with van der Waals surface area (Å²) in [6.07, 6.45) is 2.72. The number of ether oxygens (including phenoxy) is 1. The van der Waals surface area contributed by atoms with E-state index in [2.05, 4.69) is 57.7 Å². The van der Waals surface area contributed by atoms with Crippen LogP contribution in [0.3, 0.4) is 0 Å². The monoisotopic (exact) mass is 368 g/mol. The first-order valence-electron chi connectivity index (χ1n) is 10.2. The van der Waals surface area contributed by atoms with Crippen molar-refractivity contribution in [3.63, 3.8) is 0 Å². The molecule has 27 heavy (non-hydrogen) atoms. The first-order valence-corrected chi connectivity index (χ1v) is 10.2. The van der Waals surface area contributed by atoms with E-state index in [9.17, 15) is 0 Å². The maximum atomic E-state index is 5.63. The Labute approximate surface area is 162 Å². The largest absolute Gasteiger partial charge is 0.496 e. The van der Waals surface area contributed by atoms with Gasteiger partial charge in [-0.25, -0.2) is 0 Å². The summed E-state index contributed by atoms with van der Waals surface area (Å²) in [6.45, 7) is 12.0. The van der Waals surface area contributed by atoms with Gasteiger partial charge in [0.05, 0.1) is 19.3 Å². The third-order valence-corrected chi connectivity index (χ3v) is 6.22. The molecule has 0 radical (unpaired) electrons. The van der Waals surface area contributed by atoms with Gasteiger partial charge in [0.1, 0.15) is 5.75 Å². The molecule has 0 spiro atoms. The summed E-state index contributed by atoms with van der Waals surface area (Å²) in [6, 6.07) is 10.1. The fourth-order valence-electron chi connectivity index (χ4n) is 4.75. The molecule has 2 saturated heterocycles. The van der Waals surface area contributed by atoms with Crippen LogP contribution in [0.1, 0.15) is 42.3 Å². The highest BCUT2D eigenvalue weighted by Gasteiger charge is 2.34. The van der Waals surface area contributed by atoms with Gasteiger partial charge in [0, 0.05) is 43.0 Å². The summed E-state index contributed by atoms with van der Waals surface area (Å²) >= 11 is 0. The topological polar surface area (TPSA) is 33.5 Å². The summed E-state index contributed by atoms with van der Waals surface area (Å²) in [4.78, 5) is 5.34. The second-order valence-corrected chi connectivity index (χ2v) is 8.30. The summed E-state index contributed by atoms with van der Waals surface area (Å²) in [5, 5.41) is 4.62. The number of fused-ring (bicyclic) bond motifs is 1. The number of piperazine rings is 1. The third-order valence-electron chi connectivity index (χ3n) is 6.22. The van der Waals surface area contributed by atoms with E-state index >= 15 is 0 Å². The van der Waals surface area contributed by atoms with Crippen LogP contribution >= 0.6 is 0 Å². The molecule has 5 heteroatoms. The van der Waals surface area contributed by atoms with E-state index in [0.717, 1.165) is 30.6 Å². The predicted molar refractivity (Wildman–Crippen MR) is 108 cm³/mol. The molecule has 0 bridgehead atoms. The molecule has 5 nitrogen and oxygen atoms in total. The fourth-order valence-corrected chi connectivity index (χ4v) is 4.75. The van der Waals surface area contributed by atoms with Crippen LogP contribution in [0.4, 0.5) is 0 Å². The highest BCUT2D eigenvalue weighted by atomic mass is 16.5. The standard InChI is InChI=1S/C22H32N4O/c1-16-10-17(2)26(23-16)14-20-11-19(7-8-22(20)27-4)13-25-15-21-6-5-9-24(21)12-18(25)3/h7-8,10-11,18,21H,5-6,9,12-15H2,1-4H3/t18-,21?/m0/s1. The van der Waals surface area contributed by atoms with Crippen molar-refractivity contribution in [2.24, 2.45) is 0 Å². The van der Waals surface area contributed by atoms with Gasteiger partial charge >= 0.3 is 0 Å². The van der Waals surface area contributed by atoms with Gasteiger partial charge in [0.2, 0.25) is 0 Å². The minimum atomic E-state index is 0.612. The smallest absolute Gasteiger partial charge is 0.123 e. The number of rotatable bonds is 5. The van der Waals surface area contributed by atoms with E-state index in [4.69, 9.17) is 4.74 Å². The van der Waals surface area contributed by atoms with Crippen molar-refractivity contribution in [3.8, 4) is 5.75 Å². The van der Waals surface area contributed by atoms with Gasteiger partial charge in [-0.05, 0) is 63.9 Å². The number of benzene rings is 1. The van der Waals surface area contributed by atoms with Gasteiger partial charge in [0.15, 0.2) is 0 Å². The average molecular weight is 369 g/mol. The number of aryl methyl sites for hydroxylation is 2. The van der Waals surface area contributed by atoms with E-state index in [1.807, 2.05) is 6.92 Å². The highest BCUT2D eigenvalue weighted by Crippen LogP contribution is 2.27. The van der Waals surface area contributed by atoms with Crippen LogP contribution in [0.25, 0.3) is 0 Å². The molecule has 2 aliphatic rings. The van der Waals surface area contributed by atoms with Crippen LogP contribution in [-0.2, 0) is 13.1 Å². The Morgan fingerprint density at radius 1 is 1.15 bits per heavy atom. The number of aromatic nitrogens is 2. The third kappa shape index (κ3) is 3.90. The maximum absolute atomic E-state index is 5.63. The van der Waals surface area contributed by atoms with Gasteiger partial charge in [0.25, 0.3) is 0 Å². The minimum Gasteiger partial charge on any atom is -0.496 e. The molecule has 0 amide bonds. The first-order chi connectivity index (χ1) is 13.0. The maximum Gasteiger partial charge on any atom is 0.123 e. The summed E-state index contributed by atoms with van der Waals surface area (Å²) in [7, 11) is 1.75.